The molecule has 1 aliphatic heterocycles. The molecule has 2 rings (SSSR count). The second-order valence-corrected chi connectivity index (χ2v) is 5.61. The van der Waals surface area contributed by atoms with E-state index in [1.165, 1.54) is 17.9 Å². The van der Waals surface area contributed by atoms with E-state index in [1.807, 2.05) is 0 Å². The standard InChI is InChI=1S/C12H13Cl2N3O3/c1-12(11(19)20)4-2-3-5-17(12)10(18)7-6-8(13)15-16-9(7)14/h6H,2-5H2,1H3,(H,19,20). The lowest BCUT2D eigenvalue weighted by Crippen LogP contribution is -2.57. The van der Waals surface area contributed by atoms with Gasteiger partial charge < -0.3 is 10.0 Å². The summed E-state index contributed by atoms with van der Waals surface area (Å²) >= 11 is 11.6. The zero-order valence-corrected chi connectivity index (χ0v) is 12.3. The fourth-order valence-corrected chi connectivity index (χ4v) is 2.64. The first-order valence-electron chi connectivity index (χ1n) is 6.10. The zero-order chi connectivity index (χ0) is 14.9. The first-order chi connectivity index (χ1) is 9.36. The molecule has 1 saturated heterocycles. The van der Waals surface area contributed by atoms with Gasteiger partial charge in [-0.1, -0.05) is 23.2 Å². The number of carbonyl (C=O) groups is 2. The van der Waals surface area contributed by atoms with Crippen LogP contribution in [0.1, 0.15) is 36.5 Å². The van der Waals surface area contributed by atoms with Gasteiger partial charge >= 0.3 is 5.97 Å². The molecule has 0 aromatic carbocycles. The Morgan fingerprint density at radius 1 is 1.35 bits per heavy atom. The van der Waals surface area contributed by atoms with Crippen LogP contribution in [0.3, 0.4) is 0 Å². The Balaban J connectivity index is 2.40. The van der Waals surface area contributed by atoms with Crippen molar-refractivity contribution >= 4 is 35.1 Å². The van der Waals surface area contributed by atoms with Gasteiger partial charge in [0, 0.05) is 6.54 Å². The number of rotatable bonds is 2. The molecule has 0 bridgehead atoms. The normalized spacial score (nSPS) is 22.6. The number of carboxylic acids is 1. The summed E-state index contributed by atoms with van der Waals surface area (Å²) in [6.45, 7) is 1.90. The number of nitrogens with zero attached hydrogens (tertiary/aromatic N) is 3. The van der Waals surface area contributed by atoms with E-state index in [4.69, 9.17) is 23.2 Å². The van der Waals surface area contributed by atoms with Crippen molar-refractivity contribution in [3.05, 3.63) is 21.9 Å². The predicted octanol–water partition coefficient (Wildman–Crippen LogP) is 2.25. The lowest BCUT2D eigenvalue weighted by Gasteiger charge is -2.41. The summed E-state index contributed by atoms with van der Waals surface area (Å²) in [4.78, 5) is 25.4. The van der Waals surface area contributed by atoms with Crippen LogP contribution in [-0.4, -0.2) is 44.2 Å². The second-order valence-electron chi connectivity index (χ2n) is 4.86. The van der Waals surface area contributed by atoms with Crippen LogP contribution in [0.25, 0.3) is 0 Å². The highest BCUT2D eigenvalue weighted by Gasteiger charge is 2.44. The second kappa shape index (κ2) is 5.54. The molecule has 1 atom stereocenters. The average molecular weight is 318 g/mol. The minimum Gasteiger partial charge on any atom is -0.480 e. The summed E-state index contributed by atoms with van der Waals surface area (Å²) in [5.74, 6) is -1.52. The van der Waals surface area contributed by atoms with E-state index in [9.17, 15) is 14.7 Å². The quantitative estimate of drug-likeness (QED) is 0.904. The van der Waals surface area contributed by atoms with E-state index in [-0.39, 0.29) is 15.9 Å². The Kier molecular flexibility index (Phi) is 4.15. The molecular formula is C12H13Cl2N3O3. The van der Waals surface area contributed by atoms with Crippen molar-refractivity contribution in [2.75, 3.05) is 6.54 Å². The summed E-state index contributed by atoms with van der Waals surface area (Å²) in [7, 11) is 0. The fraction of sp³-hybridized carbons (Fsp3) is 0.500. The molecule has 1 amide bonds. The van der Waals surface area contributed by atoms with Crippen molar-refractivity contribution in [1.82, 2.24) is 15.1 Å². The van der Waals surface area contributed by atoms with Gasteiger partial charge in [-0.25, -0.2) is 4.79 Å². The molecule has 8 heteroatoms. The number of likely N-dealkylation sites (tertiary alicyclic amines) is 1. The molecule has 0 aliphatic carbocycles. The molecular weight excluding hydrogens is 305 g/mol. The Morgan fingerprint density at radius 3 is 2.70 bits per heavy atom. The van der Waals surface area contributed by atoms with Crippen molar-refractivity contribution < 1.29 is 14.7 Å². The van der Waals surface area contributed by atoms with Gasteiger partial charge in [-0.3, -0.25) is 4.79 Å². The van der Waals surface area contributed by atoms with E-state index in [2.05, 4.69) is 10.2 Å². The van der Waals surface area contributed by atoms with E-state index in [1.54, 1.807) is 0 Å². The maximum atomic E-state index is 12.5. The van der Waals surface area contributed by atoms with E-state index < -0.39 is 17.4 Å². The molecule has 0 radical (unpaired) electrons. The molecule has 1 N–H and O–H groups in total. The highest BCUT2D eigenvalue weighted by molar-refractivity contribution is 6.34. The van der Waals surface area contributed by atoms with Crippen LogP contribution in [-0.2, 0) is 4.79 Å². The molecule has 108 valence electrons. The Bertz CT molecular complexity index is 567. The van der Waals surface area contributed by atoms with Crippen LogP contribution in [0.2, 0.25) is 10.3 Å². The summed E-state index contributed by atoms with van der Waals surface area (Å²) < 4.78 is 0. The number of halogens is 2. The Morgan fingerprint density at radius 2 is 2.05 bits per heavy atom. The lowest BCUT2D eigenvalue weighted by molar-refractivity contribution is -0.150. The number of aromatic nitrogens is 2. The van der Waals surface area contributed by atoms with Crippen LogP contribution in [0, 0.1) is 0 Å². The number of carbonyl (C=O) groups excluding carboxylic acids is 1. The van der Waals surface area contributed by atoms with Crippen molar-refractivity contribution in [1.29, 1.82) is 0 Å². The van der Waals surface area contributed by atoms with Gasteiger partial charge in [0.2, 0.25) is 0 Å². The summed E-state index contributed by atoms with van der Waals surface area (Å²) in [5.41, 5.74) is -1.17. The van der Waals surface area contributed by atoms with Gasteiger partial charge in [0.1, 0.15) is 5.54 Å². The molecule has 0 spiro atoms. The molecule has 1 fully saturated rings. The molecule has 1 aliphatic rings. The Labute approximate surface area is 125 Å². The number of aliphatic carboxylic acids is 1. The van der Waals surface area contributed by atoms with Gasteiger partial charge in [0.05, 0.1) is 5.56 Å². The lowest BCUT2D eigenvalue weighted by atomic mass is 9.88. The topological polar surface area (TPSA) is 83.4 Å². The Hall–Kier alpha value is -1.40. The number of hydrogen-bond donors (Lipinski definition) is 1. The first kappa shape index (κ1) is 15.0. The molecule has 6 nitrogen and oxygen atoms in total. The highest BCUT2D eigenvalue weighted by Crippen LogP contribution is 2.31. The van der Waals surface area contributed by atoms with Gasteiger partial charge in [0.25, 0.3) is 5.91 Å². The summed E-state index contributed by atoms with van der Waals surface area (Å²) in [6, 6.07) is 1.30. The molecule has 0 saturated carbocycles. The van der Waals surface area contributed by atoms with Gasteiger partial charge in [-0.05, 0) is 32.3 Å². The van der Waals surface area contributed by atoms with Crippen LogP contribution < -0.4 is 0 Å². The van der Waals surface area contributed by atoms with Crippen LogP contribution in [0.5, 0.6) is 0 Å². The van der Waals surface area contributed by atoms with E-state index in [0.29, 0.717) is 13.0 Å². The highest BCUT2D eigenvalue weighted by atomic mass is 35.5. The first-order valence-corrected chi connectivity index (χ1v) is 6.86. The summed E-state index contributed by atoms with van der Waals surface area (Å²) in [6.07, 6.45) is 1.91. The van der Waals surface area contributed by atoms with Gasteiger partial charge in [-0.15, -0.1) is 10.2 Å². The van der Waals surface area contributed by atoms with Crippen molar-refractivity contribution in [3.63, 3.8) is 0 Å². The largest absolute Gasteiger partial charge is 0.480 e. The number of amides is 1. The predicted molar refractivity (Wildman–Crippen MR) is 73.0 cm³/mol. The third kappa shape index (κ3) is 2.58. The summed E-state index contributed by atoms with van der Waals surface area (Å²) in [5, 5.41) is 16.5. The number of piperidine rings is 1. The monoisotopic (exact) mass is 317 g/mol. The third-order valence-electron chi connectivity index (χ3n) is 3.55. The van der Waals surface area contributed by atoms with Crippen LogP contribution in [0.4, 0.5) is 0 Å². The third-order valence-corrected chi connectivity index (χ3v) is 4.01. The molecule has 20 heavy (non-hydrogen) atoms. The smallest absolute Gasteiger partial charge is 0.329 e. The van der Waals surface area contributed by atoms with Gasteiger partial charge in [-0.2, -0.15) is 0 Å². The van der Waals surface area contributed by atoms with E-state index >= 15 is 0 Å². The van der Waals surface area contributed by atoms with Crippen LogP contribution >= 0.6 is 23.2 Å². The minimum atomic E-state index is -1.24. The SMILES string of the molecule is CC1(C(=O)O)CCCCN1C(=O)c1cc(Cl)nnc1Cl. The van der Waals surface area contributed by atoms with Crippen LogP contribution in [0.15, 0.2) is 6.07 Å². The van der Waals surface area contributed by atoms with Crippen molar-refractivity contribution in [2.24, 2.45) is 0 Å². The van der Waals surface area contributed by atoms with E-state index in [0.717, 1.165) is 12.8 Å². The fourth-order valence-electron chi connectivity index (χ4n) is 2.32. The van der Waals surface area contributed by atoms with Crippen molar-refractivity contribution in [3.8, 4) is 0 Å². The zero-order valence-electron chi connectivity index (χ0n) is 10.8. The average Bonchev–Trinajstić information content (AvgIpc) is 2.41. The minimum absolute atomic E-state index is 0.0341. The molecule has 2 heterocycles. The molecule has 1 unspecified atom stereocenters. The maximum Gasteiger partial charge on any atom is 0.329 e. The van der Waals surface area contributed by atoms with Crippen molar-refractivity contribution in [2.45, 2.75) is 31.7 Å². The maximum absolute atomic E-state index is 12.5. The molecule has 1 aromatic rings. The molecule has 1 aromatic heterocycles. The number of hydrogen-bond acceptors (Lipinski definition) is 4. The number of carboxylic acid groups (broad SMARTS) is 1. The van der Waals surface area contributed by atoms with Gasteiger partial charge in [0.15, 0.2) is 10.3 Å².